The van der Waals surface area contributed by atoms with Crippen LogP contribution in [0.5, 0.6) is 0 Å². The largest absolute Gasteiger partial charge is 0.347 e. The van der Waals surface area contributed by atoms with Crippen LogP contribution in [0, 0.1) is 12.7 Å². The van der Waals surface area contributed by atoms with Gasteiger partial charge in [0.25, 0.3) is 5.91 Å². The molecule has 0 bridgehead atoms. The summed E-state index contributed by atoms with van der Waals surface area (Å²) in [4.78, 5) is 12.2. The summed E-state index contributed by atoms with van der Waals surface area (Å²) in [6.45, 7) is 1.60. The highest BCUT2D eigenvalue weighted by molar-refractivity contribution is 7.91. The van der Waals surface area contributed by atoms with Gasteiger partial charge in [0.1, 0.15) is 11.5 Å². The zero-order valence-corrected chi connectivity index (χ0v) is 13.2. The lowest BCUT2D eigenvalue weighted by Crippen LogP contribution is -2.36. The monoisotopic (exact) mass is 338 g/mol. The molecule has 9 heteroatoms. The van der Waals surface area contributed by atoms with E-state index >= 15 is 0 Å². The first-order chi connectivity index (χ1) is 10.9. The Bertz CT molecular complexity index is 863. The highest BCUT2D eigenvalue weighted by Crippen LogP contribution is 2.16. The van der Waals surface area contributed by atoms with Gasteiger partial charge < -0.3 is 5.32 Å². The number of sulfone groups is 1. The van der Waals surface area contributed by atoms with Gasteiger partial charge in [0.05, 0.1) is 17.2 Å². The first kappa shape index (κ1) is 15.6. The number of halogens is 1. The Hall–Kier alpha value is -2.29. The van der Waals surface area contributed by atoms with E-state index in [1.54, 1.807) is 19.1 Å². The third-order valence-corrected chi connectivity index (χ3v) is 5.53. The lowest BCUT2D eigenvalue weighted by molar-refractivity contribution is 0.0935. The Morgan fingerprint density at radius 3 is 2.78 bits per heavy atom. The van der Waals surface area contributed by atoms with Crippen molar-refractivity contribution < 1.29 is 17.6 Å². The molecule has 1 amide bonds. The fourth-order valence-electron chi connectivity index (χ4n) is 2.55. The minimum absolute atomic E-state index is 0.0533. The van der Waals surface area contributed by atoms with Gasteiger partial charge in [0.15, 0.2) is 15.5 Å². The quantitative estimate of drug-likeness (QED) is 0.886. The van der Waals surface area contributed by atoms with Crippen LogP contribution < -0.4 is 5.32 Å². The maximum atomic E-state index is 13.8. The van der Waals surface area contributed by atoms with Crippen LogP contribution in [0.1, 0.15) is 22.6 Å². The Morgan fingerprint density at radius 1 is 1.39 bits per heavy atom. The molecule has 3 rings (SSSR count). The molecular weight excluding hydrogens is 323 g/mol. The maximum Gasteiger partial charge on any atom is 0.274 e. The first-order valence-electron chi connectivity index (χ1n) is 7.06. The van der Waals surface area contributed by atoms with Crippen molar-refractivity contribution in [3.63, 3.8) is 0 Å². The molecule has 2 heterocycles. The number of benzene rings is 1. The highest BCUT2D eigenvalue weighted by atomic mass is 32.2. The second kappa shape index (κ2) is 5.73. The third-order valence-electron chi connectivity index (χ3n) is 3.76. The molecule has 1 aliphatic rings. The summed E-state index contributed by atoms with van der Waals surface area (Å²) in [6.07, 6.45) is 0.384. The number of carbonyl (C=O) groups is 1. The molecule has 1 aromatic carbocycles. The molecule has 1 aliphatic heterocycles. The van der Waals surface area contributed by atoms with Gasteiger partial charge in [-0.2, -0.15) is 0 Å². The predicted octanol–water partition coefficient (Wildman–Crippen LogP) is 0.632. The van der Waals surface area contributed by atoms with Crippen molar-refractivity contribution in [1.82, 2.24) is 20.3 Å². The highest BCUT2D eigenvalue weighted by Gasteiger charge is 2.30. The van der Waals surface area contributed by atoms with E-state index in [-0.39, 0.29) is 22.9 Å². The van der Waals surface area contributed by atoms with Crippen molar-refractivity contribution in [2.45, 2.75) is 19.4 Å². The number of hydrogen-bond acceptors (Lipinski definition) is 5. The van der Waals surface area contributed by atoms with Gasteiger partial charge in [-0.25, -0.2) is 17.5 Å². The second-order valence-electron chi connectivity index (χ2n) is 5.46. The Labute approximate surface area is 132 Å². The van der Waals surface area contributed by atoms with Crippen molar-refractivity contribution in [1.29, 1.82) is 0 Å². The zero-order chi connectivity index (χ0) is 16.6. The summed E-state index contributed by atoms with van der Waals surface area (Å²) >= 11 is 0. The molecule has 1 aromatic heterocycles. The number of para-hydroxylation sites is 1. The molecular formula is C14H15FN4O3S. The zero-order valence-electron chi connectivity index (χ0n) is 12.4. The molecule has 122 valence electrons. The van der Waals surface area contributed by atoms with E-state index in [0.29, 0.717) is 12.1 Å². The van der Waals surface area contributed by atoms with Crippen LogP contribution in [0.15, 0.2) is 24.3 Å². The van der Waals surface area contributed by atoms with Gasteiger partial charge in [-0.1, -0.05) is 17.3 Å². The fraction of sp³-hybridized carbons (Fsp3) is 0.357. The summed E-state index contributed by atoms with van der Waals surface area (Å²) in [6, 6.07) is 5.61. The Morgan fingerprint density at radius 2 is 2.13 bits per heavy atom. The fourth-order valence-corrected chi connectivity index (χ4v) is 4.23. The average molecular weight is 338 g/mol. The van der Waals surface area contributed by atoms with E-state index in [2.05, 4.69) is 15.6 Å². The second-order valence-corrected chi connectivity index (χ2v) is 7.69. The molecule has 0 radical (unpaired) electrons. The topological polar surface area (TPSA) is 93.9 Å². The Kier molecular flexibility index (Phi) is 3.88. The first-order valence-corrected chi connectivity index (χ1v) is 8.88. The number of nitrogens with one attached hydrogen (secondary N) is 1. The molecule has 0 spiro atoms. The summed E-state index contributed by atoms with van der Waals surface area (Å²) in [5.41, 5.74) is 0.631. The molecule has 1 atom stereocenters. The number of rotatable bonds is 3. The van der Waals surface area contributed by atoms with Gasteiger partial charge >= 0.3 is 0 Å². The van der Waals surface area contributed by atoms with Crippen molar-refractivity contribution in [2.75, 3.05) is 11.5 Å². The third kappa shape index (κ3) is 3.09. The normalized spacial score (nSPS) is 19.7. The lowest BCUT2D eigenvalue weighted by atomic mass is 10.2. The molecule has 7 nitrogen and oxygen atoms in total. The minimum Gasteiger partial charge on any atom is -0.347 e. The van der Waals surface area contributed by atoms with E-state index in [9.17, 15) is 17.6 Å². The van der Waals surface area contributed by atoms with Gasteiger partial charge in [0.2, 0.25) is 0 Å². The van der Waals surface area contributed by atoms with E-state index < -0.39 is 27.6 Å². The molecule has 23 heavy (non-hydrogen) atoms. The van der Waals surface area contributed by atoms with Crippen LogP contribution in [0.2, 0.25) is 0 Å². The summed E-state index contributed by atoms with van der Waals surface area (Å²) in [5, 5.41) is 10.3. The number of carbonyl (C=O) groups excluding carboxylic acids is 1. The number of hydrogen-bond donors (Lipinski definition) is 1. The van der Waals surface area contributed by atoms with Crippen LogP contribution >= 0.6 is 0 Å². The molecule has 2 aromatic rings. The summed E-state index contributed by atoms with van der Waals surface area (Å²) < 4.78 is 37.9. The van der Waals surface area contributed by atoms with Crippen LogP contribution in [0.25, 0.3) is 5.69 Å². The van der Waals surface area contributed by atoms with Crippen molar-refractivity contribution in [3.8, 4) is 5.69 Å². The molecule has 0 aliphatic carbocycles. The maximum absolute atomic E-state index is 13.8. The van der Waals surface area contributed by atoms with Gasteiger partial charge in [0, 0.05) is 6.04 Å². The van der Waals surface area contributed by atoms with E-state index in [1.807, 2.05) is 0 Å². The smallest absolute Gasteiger partial charge is 0.274 e. The predicted molar refractivity (Wildman–Crippen MR) is 80.6 cm³/mol. The van der Waals surface area contributed by atoms with E-state index in [1.165, 1.54) is 16.8 Å². The SMILES string of the molecule is Cc1c(C(=O)NC2CCS(=O)(=O)C2)nnn1-c1ccccc1F. The van der Waals surface area contributed by atoms with Gasteiger partial charge in [-0.05, 0) is 25.5 Å². The molecule has 0 saturated carbocycles. The molecule has 1 unspecified atom stereocenters. The van der Waals surface area contributed by atoms with Crippen LogP contribution in [0.3, 0.4) is 0 Å². The molecule has 1 N–H and O–H groups in total. The average Bonchev–Trinajstić information content (AvgIpc) is 3.02. The van der Waals surface area contributed by atoms with Crippen molar-refractivity contribution in [3.05, 3.63) is 41.5 Å². The van der Waals surface area contributed by atoms with Gasteiger partial charge in [-0.15, -0.1) is 5.10 Å². The summed E-state index contributed by atoms with van der Waals surface area (Å²) in [7, 11) is -3.08. The number of amides is 1. The van der Waals surface area contributed by atoms with E-state index in [4.69, 9.17) is 0 Å². The van der Waals surface area contributed by atoms with Gasteiger partial charge in [-0.3, -0.25) is 4.79 Å². The van der Waals surface area contributed by atoms with Crippen LogP contribution in [0.4, 0.5) is 4.39 Å². The Balaban J connectivity index is 1.82. The molecule has 1 saturated heterocycles. The van der Waals surface area contributed by atoms with Crippen LogP contribution in [-0.4, -0.2) is 46.9 Å². The lowest BCUT2D eigenvalue weighted by Gasteiger charge is -2.09. The standard InChI is InChI=1S/C14H15FN4O3S/c1-9-13(14(20)16-10-6-7-23(21,22)8-10)17-18-19(9)12-5-3-2-4-11(12)15/h2-5,10H,6-8H2,1H3,(H,16,20). The van der Waals surface area contributed by atoms with Crippen molar-refractivity contribution in [2.24, 2.45) is 0 Å². The molecule has 1 fully saturated rings. The van der Waals surface area contributed by atoms with Crippen LogP contribution in [-0.2, 0) is 9.84 Å². The van der Waals surface area contributed by atoms with E-state index in [0.717, 1.165) is 0 Å². The van der Waals surface area contributed by atoms with Crippen molar-refractivity contribution >= 4 is 15.7 Å². The number of aromatic nitrogens is 3. The number of nitrogens with zero attached hydrogens (tertiary/aromatic N) is 3. The summed E-state index contributed by atoms with van der Waals surface area (Å²) in [5.74, 6) is -0.987. The minimum atomic E-state index is -3.08.